The maximum absolute atomic E-state index is 14.6. The van der Waals surface area contributed by atoms with Crippen LogP contribution >= 0.6 is 0 Å². The summed E-state index contributed by atoms with van der Waals surface area (Å²) in [6, 6.07) is 32.6. The largest absolute Gasteiger partial charge is 0.493 e. The number of fused-ring (bicyclic) bond motifs is 1. The summed E-state index contributed by atoms with van der Waals surface area (Å²) in [5, 5.41) is 14.2. The first kappa shape index (κ1) is 72.3. The van der Waals surface area contributed by atoms with Crippen LogP contribution in [0.25, 0.3) is 22.3 Å². The number of carbonyl (C=O) groups excluding carboxylic acids is 5. The van der Waals surface area contributed by atoms with E-state index in [1.54, 1.807) is 49.5 Å². The van der Waals surface area contributed by atoms with Crippen molar-refractivity contribution in [1.82, 2.24) is 45.5 Å². The SMILES string of the molecule is C=C(CN1CCC[C@@H](n2nc(-c3ccc(Oc4ccccc4)cc3)c3c(N)ncnc32)C1)C(=O)NCCNC(=O)CCOCCOCCNC(=O)COc1cccc([C@H](CCc2ccc(OC)c(OC)c2)OC(=O)C2CCCCN2C(=O)[C@@H](CC)c2cc(OC)c(OC)c(OC)c2)c1. The molecule has 522 valence electrons. The van der Waals surface area contributed by atoms with Crippen molar-refractivity contribution in [3.63, 3.8) is 0 Å². The monoisotopic (exact) mass is 1350 g/mol. The Morgan fingerprint density at radius 1 is 0.673 bits per heavy atom. The fraction of sp³-hybridized carbons (Fsp3) is 0.425. The number of nitrogens with two attached hydrogens (primary N) is 1. The highest BCUT2D eigenvalue weighted by Crippen LogP contribution is 2.42. The number of ether oxygens (including phenoxy) is 10. The molecule has 2 aromatic heterocycles. The van der Waals surface area contributed by atoms with Gasteiger partial charge in [0.15, 0.2) is 35.3 Å². The number of methoxy groups -OCH3 is 5. The standard InChI is InChI=1S/C73H90N10O15/c1-8-57(52-42-62(91-5)68(93-7)63(43-52)92-6)72(87)82-35-13-12-21-58(82)73(88)98-59(28-22-49-23-29-60(89-3)61(40-49)90-4)51-16-14-20-56(41-51)96-46-65(85)76-33-37-95-39-38-94-36-30-64(84)75-31-32-77-71(86)48(2)44-81-34-15-17-53(45-81)83-70-66(69(74)78-47-79-70)67(80-83)50-24-26-55(27-25-50)97-54-18-10-9-11-19-54/h9-11,14,16,18-20,23-27,29,40-43,47,53,57-59H,2,8,12-13,15,17,21-22,28,30-39,44-46H2,1,3-7H3,(H,75,84)(H,76,85)(H,77,86)(H2,74,78,79)/t53-,57+,58?,59+/m1/s1. The van der Waals surface area contributed by atoms with Crippen LogP contribution in [0.5, 0.6) is 46.0 Å². The molecule has 0 radical (unpaired) electrons. The molecular weight excluding hydrogens is 1260 g/mol. The number of rotatable bonds is 36. The zero-order valence-corrected chi connectivity index (χ0v) is 56.7. The van der Waals surface area contributed by atoms with Crippen LogP contribution in [0.4, 0.5) is 5.82 Å². The summed E-state index contributed by atoms with van der Waals surface area (Å²) in [6.45, 7) is 9.35. The Morgan fingerprint density at radius 2 is 1.39 bits per heavy atom. The second kappa shape index (κ2) is 36.4. The quantitative estimate of drug-likeness (QED) is 0.0162. The molecule has 25 heteroatoms. The van der Waals surface area contributed by atoms with Crippen LogP contribution < -0.4 is 54.8 Å². The van der Waals surface area contributed by atoms with E-state index in [4.69, 9.17) is 58.2 Å². The van der Waals surface area contributed by atoms with Gasteiger partial charge in [-0.1, -0.05) is 49.9 Å². The molecule has 4 heterocycles. The fourth-order valence-electron chi connectivity index (χ4n) is 12.2. The number of nitrogens with zero attached hydrogens (tertiary/aromatic N) is 6. The number of carbonyl (C=O) groups is 5. The minimum Gasteiger partial charge on any atom is -0.493 e. The van der Waals surface area contributed by atoms with Crippen molar-refractivity contribution in [3.8, 4) is 57.3 Å². The number of hydrogen-bond acceptors (Lipinski definition) is 20. The lowest BCUT2D eigenvalue weighted by atomic mass is 9.91. The smallest absolute Gasteiger partial charge is 0.329 e. The number of hydrogen-bond donors (Lipinski definition) is 4. The number of piperidine rings is 2. The van der Waals surface area contributed by atoms with Crippen LogP contribution in [0.3, 0.4) is 0 Å². The molecule has 9 rings (SSSR count). The molecule has 7 aromatic rings. The number of nitrogen functional groups attached to an aromatic ring is 1. The molecule has 0 spiro atoms. The second-order valence-corrected chi connectivity index (χ2v) is 23.7. The average Bonchev–Trinajstić information content (AvgIpc) is 1.60. The first-order valence-electron chi connectivity index (χ1n) is 33.2. The van der Waals surface area contributed by atoms with Crippen molar-refractivity contribution >= 4 is 46.4 Å². The first-order valence-corrected chi connectivity index (χ1v) is 33.2. The number of aryl methyl sites for hydroxylation is 1. The third kappa shape index (κ3) is 19.4. The van der Waals surface area contributed by atoms with Gasteiger partial charge >= 0.3 is 5.97 Å². The van der Waals surface area contributed by atoms with Gasteiger partial charge in [0.1, 0.15) is 47.2 Å². The van der Waals surface area contributed by atoms with E-state index in [1.807, 2.05) is 90.5 Å². The molecule has 1 unspecified atom stereocenters. The predicted octanol–water partition coefficient (Wildman–Crippen LogP) is 8.75. The number of esters is 1. The Kier molecular flexibility index (Phi) is 26.8. The Morgan fingerprint density at radius 3 is 2.12 bits per heavy atom. The van der Waals surface area contributed by atoms with Crippen molar-refractivity contribution in [3.05, 3.63) is 144 Å². The summed E-state index contributed by atoms with van der Waals surface area (Å²) in [5.74, 6) is 2.33. The first-order chi connectivity index (χ1) is 47.7. The van der Waals surface area contributed by atoms with Gasteiger partial charge < -0.3 is 74.0 Å². The number of likely N-dealkylation sites (tertiary alicyclic amines) is 2. The number of amides is 4. The maximum atomic E-state index is 14.6. The van der Waals surface area contributed by atoms with Gasteiger partial charge in [0.2, 0.25) is 23.5 Å². The Hall–Kier alpha value is -9.98. The predicted molar refractivity (Wildman–Crippen MR) is 368 cm³/mol. The summed E-state index contributed by atoms with van der Waals surface area (Å²) in [4.78, 5) is 80.5. The van der Waals surface area contributed by atoms with Crippen molar-refractivity contribution in [2.75, 3.05) is 120 Å². The van der Waals surface area contributed by atoms with Gasteiger partial charge in [-0.25, -0.2) is 19.4 Å². The van der Waals surface area contributed by atoms with Gasteiger partial charge in [0, 0.05) is 56.8 Å². The topological polar surface area (TPSA) is 290 Å². The highest BCUT2D eigenvalue weighted by molar-refractivity contribution is 5.98. The molecule has 5 aromatic carbocycles. The number of aromatic nitrogens is 4. The lowest BCUT2D eigenvalue weighted by Gasteiger charge is -2.37. The molecule has 0 saturated carbocycles. The molecule has 4 amide bonds. The van der Waals surface area contributed by atoms with Gasteiger partial charge in [-0.2, -0.15) is 5.10 Å². The maximum Gasteiger partial charge on any atom is 0.329 e. The van der Waals surface area contributed by atoms with E-state index in [1.165, 1.54) is 27.7 Å². The van der Waals surface area contributed by atoms with Crippen LogP contribution in [0.15, 0.2) is 128 Å². The molecule has 5 N–H and O–H groups in total. The zero-order chi connectivity index (χ0) is 69.3. The molecule has 2 aliphatic heterocycles. The molecule has 2 aliphatic rings. The fourth-order valence-corrected chi connectivity index (χ4v) is 12.2. The lowest BCUT2D eigenvalue weighted by Crippen LogP contribution is -2.50. The third-order valence-electron chi connectivity index (χ3n) is 17.2. The number of nitrogens with one attached hydrogen (secondary N) is 3. The van der Waals surface area contributed by atoms with E-state index < -0.39 is 24.0 Å². The van der Waals surface area contributed by atoms with Gasteiger partial charge in [-0.3, -0.25) is 24.1 Å². The molecule has 0 bridgehead atoms. The van der Waals surface area contributed by atoms with Gasteiger partial charge in [0.05, 0.1) is 79.3 Å². The summed E-state index contributed by atoms with van der Waals surface area (Å²) in [5.41, 5.74) is 11.2. The van der Waals surface area contributed by atoms with Crippen molar-refractivity contribution < 1.29 is 71.3 Å². The van der Waals surface area contributed by atoms with Crippen molar-refractivity contribution in [1.29, 1.82) is 0 Å². The van der Waals surface area contributed by atoms with Crippen molar-refractivity contribution in [2.24, 2.45) is 0 Å². The second-order valence-electron chi connectivity index (χ2n) is 23.7. The van der Waals surface area contributed by atoms with Gasteiger partial charge in [-0.05, 0) is 147 Å². The molecule has 2 saturated heterocycles. The Labute approximate surface area is 571 Å². The molecule has 4 atom stereocenters. The zero-order valence-electron chi connectivity index (χ0n) is 56.7. The van der Waals surface area contributed by atoms with E-state index >= 15 is 0 Å². The number of benzene rings is 5. The van der Waals surface area contributed by atoms with E-state index in [-0.39, 0.29) is 88.8 Å². The minimum absolute atomic E-state index is 0.0440. The summed E-state index contributed by atoms with van der Waals surface area (Å²) in [7, 11) is 7.71. The number of anilines is 1. The van der Waals surface area contributed by atoms with Gasteiger partial charge in [-0.15, -0.1) is 0 Å². The summed E-state index contributed by atoms with van der Waals surface area (Å²) >= 11 is 0. The molecule has 2 fully saturated rings. The Balaban J connectivity index is 0.663. The van der Waals surface area contributed by atoms with E-state index in [2.05, 4.69) is 37.4 Å². The third-order valence-corrected chi connectivity index (χ3v) is 17.2. The minimum atomic E-state index is -0.832. The molecule has 25 nitrogen and oxygen atoms in total. The lowest BCUT2D eigenvalue weighted by molar-refractivity contribution is -0.162. The van der Waals surface area contributed by atoms with E-state index in [0.717, 1.165) is 49.1 Å². The highest BCUT2D eigenvalue weighted by Gasteiger charge is 2.38. The average molecular weight is 1350 g/mol. The van der Waals surface area contributed by atoms with Crippen LogP contribution in [0.1, 0.15) is 93.0 Å². The van der Waals surface area contributed by atoms with Crippen LogP contribution in [0, 0.1) is 0 Å². The van der Waals surface area contributed by atoms with Crippen LogP contribution in [0.2, 0.25) is 0 Å². The molecule has 98 heavy (non-hydrogen) atoms. The van der Waals surface area contributed by atoms with Crippen LogP contribution in [-0.2, 0) is 44.6 Å². The van der Waals surface area contributed by atoms with Crippen molar-refractivity contribution in [2.45, 2.75) is 88.8 Å². The molecule has 0 aliphatic carbocycles. The normalized spacial score (nSPS) is 15.3. The van der Waals surface area contributed by atoms with Gasteiger partial charge in [0.25, 0.3) is 5.91 Å². The van der Waals surface area contributed by atoms with E-state index in [9.17, 15) is 24.0 Å². The summed E-state index contributed by atoms with van der Waals surface area (Å²) in [6.07, 6.45) is 5.73. The van der Waals surface area contributed by atoms with Crippen LogP contribution in [-0.4, -0.2) is 180 Å². The number of para-hydroxylation sites is 1. The molecular formula is C73H90N10O15. The summed E-state index contributed by atoms with van der Waals surface area (Å²) < 4.78 is 59.4. The van der Waals surface area contributed by atoms with E-state index in [0.29, 0.717) is 125 Å². The Bertz CT molecular complexity index is 3790. The highest BCUT2D eigenvalue weighted by atomic mass is 16.6.